The Bertz CT molecular complexity index is 1090. The Morgan fingerprint density at radius 2 is 2.00 bits per heavy atom. The van der Waals surface area contributed by atoms with Crippen molar-refractivity contribution in [2.75, 3.05) is 5.32 Å². The van der Waals surface area contributed by atoms with Crippen LogP contribution in [0.3, 0.4) is 0 Å². The molecule has 0 fully saturated rings. The maximum Gasteiger partial charge on any atom is 0.269 e. The molecule has 0 saturated carbocycles. The van der Waals surface area contributed by atoms with E-state index in [0.717, 1.165) is 34.8 Å². The van der Waals surface area contributed by atoms with Crippen molar-refractivity contribution in [2.45, 2.75) is 25.7 Å². The number of benzene rings is 1. The third kappa shape index (κ3) is 5.11. The van der Waals surface area contributed by atoms with Crippen molar-refractivity contribution in [1.82, 2.24) is 9.97 Å². The molecule has 0 aliphatic carbocycles. The van der Waals surface area contributed by atoms with Gasteiger partial charge in [0.2, 0.25) is 5.91 Å². The zero-order valence-corrected chi connectivity index (χ0v) is 16.5. The lowest BCUT2D eigenvalue weighted by molar-refractivity contribution is -0.384. The van der Waals surface area contributed by atoms with Crippen molar-refractivity contribution < 1.29 is 9.72 Å². The fourth-order valence-electron chi connectivity index (χ4n) is 3.12. The van der Waals surface area contributed by atoms with Gasteiger partial charge in [-0.05, 0) is 65.9 Å². The molecule has 3 rings (SSSR count). The summed E-state index contributed by atoms with van der Waals surface area (Å²) in [6.45, 7) is 3.43. The molecule has 0 saturated heterocycles. The average Bonchev–Trinajstić information content (AvgIpc) is 3.20. The number of H-pyrrole nitrogens is 1. The predicted octanol–water partition coefficient (Wildman–Crippen LogP) is 4.53. The second kappa shape index (κ2) is 9.20. The summed E-state index contributed by atoms with van der Waals surface area (Å²) in [7, 11) is 0. The molecule has 8 heteroatoms. The summed E-state index contributed by atoms with van der Waals surface area (Å²) < 4.78 is 0. The molecule has 0 unspecified atom stereocenters. The third-order valence-electron chi connectivity index (χ3n) is 4.64. The Kier molecular flexibility index (Phi) is 6.46. The monoisotopic (exact) mass is 408 g/mol. The SMILES string of the molecule is C=CC(=O)Nc1ccc([N+](=O)[O-])cc1CCC(=S)CCc1ccnc2[nH]ccc12. The molecule has 2 aromatic heterocycles. The molecule has 2 heterocycles. The molecular weight excluding hydrogens is 388 g/mol. The van der Waals surface area contributed by atoms with E-state index in [9.17, 15) is 14.9 Å². The fraction of sp³-hybridized carbons (Fsp3) is 0.190. The number of nitro groups is 1. The van der Waals surface area contributed by atoms with Gasteiger partial charge in [-0.2, -0.15) is 0 Å². The number of anilines is 1. The average molecular weight is 408 g/mol. The minimum Gasteiger partial charge on any atom is -0.346 e. The number of hydrogen-bond acceptors (Lipinski definition) is 5. The zero-order chi connectivity index (χ0) is 20.8. The van der Waals surface area contributed by atoms with E-state index >= 15 is 0 Å². The van der Waals surface area contributed by atoms with E-state index in [4.69, 9.17) is 12.2 Å². The highest BCUT2D eigenvalue weighted by atomic mass is 32.1. The molecular formula is C21H20N4O3S. The van der Waals surface area contributed by atoms with Gasteiger partial charge in [0.1, 0.15) is 5.65 Å². The molecule has 0 atom stereocenters. The van der Waals surface area contributed by atoms with Crippen molar-refractivity contribution in [1.29, 1.82) is 0 Å². The van der Waals surface area contributed by atoms with E-state index in [2.05, 4.69) is 21.9 Å². The lowest BCUT2D eigenvalue weighted by atomic mass is 10.0. The maximum absolute atomic E-state index is 11.6. The van der Waals surface area contributed by atoms with Crippen molar-refractivity contribution in [3.63, 3.8) is 0 Å². The minimum absolute atomic E-state index is 0.0193. The van der Waals surface area contributed by atoms with Crippen LogP contribution >= 0.6 is 12.2 Å². The van der Waals surface area contributed by atoms with Gasteiger partial charge in [0.25, 0.3) is 5.69 Å². The number of aromatic nitrogens is 2. The summed E-state index contributed by atoms with van der Waals surface area (Å²) in [5.74, 6) is -0.365. The van der Waals surface area contributed by atoms with Crippen LogP contribution in [-0.2, 0) is 17.6 Å². The number of amides is 1. The van der Waals surface area contributed by atoms with Crippen LogP contribution in [0, 0.1) is 10.1 Å². The highest BCUT2D eigenvalue weighted by Crippen LogP contribution is 2.24. The Balaban J connectivity index is 1.66. The smallest absolute Gasteiger partial charge is 0.269 e. The number of pyridine rings is 1. The van der Waals surface area contributed by atoms with Crippen LogP contribution in [0.1, 0.15) is 24.0 Å². The van der Waals surface area contributed by atoms with E-state index in [1.54, 1.807) is 6.20 Å². The fourth-order valence-corrected chi connectivity index (χ4v) is 3.32. The van der Waals surface area contributed by atoms with Crippen LogP contribution in [0.25, 0.3) is 11.0 Å². The number of carbonyl (C=O) groups excluding carboxylic acids is 1. The quantitative estimate of drug-likeness (QED) is 0.234. The third-order valence-corrected chi connectivity index (χ3v) is 5.05. The highest BCUT2D eigenvalue weighted by molar-refractivity contribution is 7.80. The molecule has 29 heavy (non-hydrogen) atoms. The first kappa shape index (κ1) is 20.3. The lowest BCUT2D eigenvalue weighted by Crippen LogP contribution is -2.10. The Morgan fingerprint density at radius 3 is 2.72 bits per heavy atom. The summed E-state index contributed by atoms with van der Waals surface area (Å²) in [6, 6.07) is 8.37. The Labute approximate surface area is 173 Å². The van der Waals surface area contributed by atoms with Gasteiger partial charge >= 0.3 is 0 Å². The highest BCUT2D eigenvalue weighted by Gasteiger charge is 2.13. The second-order valence-corrected chi connectivity index (χ2v) is 7.12. The molecule has 2 N–H and O–H groups in total. The molecule has 1 aromatic carbocycles. The van der Waals surface area contributed by atoms with Gasteiger partial charge in [0.05, 0.1) is 4.92 Å². The molecule has 0 aliphatic heterocycles. The predicted molar refractivity (Wildman–Crippen MR) is 117 cm³/mol. The van der Waals surface area contributed by atoms with Crippen LogP contribution in [-0.4, -0.2) is 25.7 Å². The molecule has 1 amide bonds. The van der Waals surface area contributed by atoms with Crippen LogP contribution < -0.4 is 5.32 Å². The maximum atomic E-state index is 11.6. The summed E-state index contributed by atoms with van der Waals surface area (Å²) in [5, 5.41) is 14.9. The van der Waals surface area contributed by atoms with E-state index in [-0.39, 0.29) is 11.6 Å². The van der Waals surface area contributed by atoms with Gasteiger partial charge in [-0.3, -0.25) is 14.9 Å². The van der Waals surface area contributed by atoms with Gasteiger partial charge in [-0.25, -0.2) is 4.98 Å². The van der Waals surface area contributed by atoms with Crippen molar-refractivity contribution in [3.05, 3.63) is 76.6 Å². The number of aryl methyl sites for hydroxylation is 2. The number of rotatable bonds is 9. The van der Waals surface area contributed by atoms with Crippen LogP contribution in [0.5, 0.6) is 0 Å². The van der Waals surface area contributed by atoms with Crippen LogP contribution in [0.2, 0.25) is 0 Å². The molecule has 0 radical (unpaired) electrons. The van der Waals surface area contributed by atoms with Gasteiger partial charge in [0, 0.05) is 35.6 Å². The lowest BCUT2D eigenvalue weighted by Gasteiger charge is -2.11. The normalized spacial score (nSPS) is 10.6. The van der Waals surface area contributed by atoms with Gasteiger partial charge in [-0.15, -0.1) is 0 Å². The number of thiocarbonyl (C=S) groups is 1. The standard InChI is InChI=1S/C21H20N4O3S/c1-2-20(26)24-19-8-5-16(25(27)28)13-15(19)4-7-17(29)6-3-14-9-11-22-21-18(14)10-12-23-21/h2,5,8-13H,1,3-4,6-7H2,(H,22,23)(H,24,26). The number of fused-ring (bicyclic) bond motifs is 1. The van der Waals surface area contributed by atoms with Crippen LogP contribution in [0.4, 0.5) is 11.4 Å². The number of nitrogens with one attached hydrogen (secondary N) is 2. The minimum atomic E-state index is -0.452. The zero-order valence-electron chi connectivity index (χ0n) is 15.7. The Morgan fingerprint density at radius 1 is 1.24 bits per heavy atom. The van der Waals surface area contributed by atoms with Gasteiger partial charge < -0.3 is 10.3 Å². The number of nitrogens with zero attached hydrogens (tertiary/aromatic N) is 2. The van der Waals surface area contributed by atoms with E-state index < -0.39 is 4.92 Å². The van der Waals surface area contributed by atoms with E-state index in [0.29, 0.717) is 24.1 Å². The largest absolute Gasteiger partial charge is 0.346 e. The van der Waals surface area contributed by atoms with E-state index in [1.165, 1.54) is 23.8 Å². The summed E-state index contributed by atoms with van der Waals surface area (Å²) in [6.07, 6.45) is 7.41. The summed E-state index contributed by atoms with van der Waals surface area (Å²) >= 11 is 5.53. The summed E-state index contributed by atoms with van der Waals surface area (Å²) in [4.78, 5) is 30.5. The number of non-ortho nitro benzene ring substituents is 1. The molecule has 148 valence electrons. The number of hydrogen-bond donors (Lipinski definition) is 2. The molecule has 7 nitrogen and oxygen atoms in total. The molecule has 3 aromatic rings. The van der Waals surface area contributed by atoms with Crippen molar-refractivity contribution in [3.8, 4) is 0 Å². The van der Waals surface area contributed by atoms with Crippen molar-refractivity contribution in [2.24, 2.45) is 0 Å². The molecule has 0 spiro atoms. The molecule has 0 bridgehead atoms. The van der Waals surface area contributed by atoms with Crippen LogP contribution in [0.15, 0.2) is 55.4 Å². The van der Waals surface area contributed by atoms with E-state index in [1.807, 2.05) is 18.3 Å². The topological polar surface area (TPSA) is 101 Å². The number of nitro benzene ring substituents is 1. The van der Waals surface area contributed by atoms with Gasteiger partial charge in [-0.1, -0.05) is 18.8 Å². The van der Waals surface area contributed by atoms with Crippen molar-refractivity contribution >= 4 is 45.4 Å². The first-order valence-corrected chi connectivity index (χ1v) is 9.52. The number of aromatic amines is 1. The molecule has 0 aliphatic rings. The summed E-state index contributed by atoms with van der Waals surface area (Å²) in [5.41, 5.74) is 3.22. The Hall–Kier alpha value is -3.39. The number of carbonyl (C=O) groups is 1. The first-order valence-electron chi connectivity index (χ1n) is 9.11. The first-order chi connectivity index (χ1) is 14.0. The van der Waals surface area contributed by atoms with Gasteiger partial charge in [0.15, 0.2) is 0 Å². The second-order valence-electron chi connectivity index (χ2n) is 6.54.